The van der Waals surface area contributed by atoms with Crippen molar-refractivity contribution >= 4 is 23.1 Å². The van der Waals surface area contributed by atoms with E-state index in [0.717, 1.165) is 0 Å². The Labute approximate surface area is 56.5 Å². The first-order valence-electron chi connectivity index (χ1n) is 0. The van der Waals surface area contributed by atoms with E-state index in [9.17, 15) is 0 Å². The Hall–Kier alpha value is 1.31. The summed E-state index contributed by atoms with van der Waals surface area (Å²) < 4.78 is 0. The van der Waals surface area contributed by atoms with Gasteiger partial charge in [0.2, 0.25) is 0 Å². The molecule has 0 bridgehead atoms. The molecule has 0 aliphatic rings. The van der Waals surface area contributed by atoms with Crippen molar-refractivity contribution in [1.82, 2.24) is 0 Å². The maximum absolute atomic E-state index is 0. The second-order valence-corrected chi connectivity index (χ2v) is 0. The summed E-state index contributed by atoms with van der Waals surface area (Å²) >= 11 is 0. The van der Waals surface area contributed by atoms with Crippen LogP contribution in [0.25, 0.3) is 0 Å². The molecule has 0 amide bonds. The molecule has 4 heteroatoms. The molecule has 0 aliphatic heterocycles. The fourth-order valence-corrected chi connectivity index (χ4v) is 0. The third kappa shape index (κ3) is 10.3. The molecule has 0 aromatic heterocycles. The van der Waals surface area contributed by atoms with E-state index >= 15 is 0 Å². The van der Waals surface area contributed by atoms with Gasteiger partial charge in [-0.1, -0.05) is 0 Å². The normalized spacial score (nSPS) is 0. The molecule has 0 spiro atoms. The molecular formula is H6MgO2Zn. The first-order valence-corrected chi connectivity index (χ1v) is 0. The summed E-state index contributed by atoms with van der Waals surface area (Å²) in [5.41, 5.74) is 0. The second kappa shape index (κ2) is 27.5. The predicted octanol–water partition coefficient (Wildman–Crippen LogP) is -1.81. The van der Waals surface area contributed by atoms with Gasteiger partial charge in [0.1, 0.15) is 0 Å². The molecular weight excluding hydrogens is 122 g/mol. The van der Waals surface area contributed by atoms with Crippen LogP contribution in [0.1, 0.15) is 2.85 Å². The molecule has 0 aliphatic carbocycles. The number of rotatable bonds is 0. The van der Waals surface area contributed by atoms with Crippen LogP contribution in [0.15, 0.2) is 0 Å². The van der Waals surface area contributed by atoms with E-state index in [-0.39, 0.29) is 56.3 Å². The molecule has 0 rings (SSSR count). The molecule has 0 saturated heterocycles. The quantitative estimate of drug-likeness (QED) is 0.345. The van der Waals surface area contributed by atoms with E-state index in [1.54, 1.807) is 0 Å². The van der Waals surface area contributed by atoms with Gasteiger partial charge in [-0.25, -0.2) is 0 Å². The minimum absolute atomic E-state index is 0. The van der Waals surface area contributed by atoms with Crippen molar-refractivity contribution < 1.29 is 33.3 Å². The van der Waals surface area contributed by atoms with Crippen molar-refractivity contribution in [1.29, 1.82) is 0 Å². The van der Waals surface area contributed by atoms with Gasteiger partial charge in [-0.2, -0.15) is 0 Å². The molecule has 0 heterocycles. The molecule has 22 valence electrons. The van der Waals surface area contributed by atoms with Crippen molar-refractivity contribution in [3.63, 3.8) is 0 Å². The van der Waals surface area contributed by atoms with Crippen molar-refractivity contribution in [2.24, 2.45) is 0 Å². The molecule has 0 unspecified atom stereocenters. The topological polar surface area (TPSA) is 63.0 Å². The Morgan fingerprint density at radius 3 is 1.00 bits per heavy atom. The molecule has 0 aromatic carbocycles. The average Bonchev–Trinajstić information content (AvgIpc) is 0. The molecule has 0 saturated carbocycles. The van der Waals surface area contributed by atoms with E-state index in [1.807, 2.05) is 0 Å². The minimum Gasteiger partial charge on any atom is -1.00 e. The standard InChI is InChI=1S/Mg.2H2O.Zn.2H/h;2*1H2;;;/q+2;;;;2*-1. The van der Waals surface area contributed by atoms with Crippen LogP contribution in [0, 0.1) is 0 Å². The molecule has 0 aromatic rings. The fraction of sp³-hybridized carbons (Fsp3) is 0. The largest absolute Gasteiger partial charge is 2.00 e. The van der Waals surface area contributed by atoms with Crippen molar-refractivity contribution in [3.05, 3.63) is 0 Å². The molecule has 4 heavy (non-hydrogen) atoms. The van der Waals surface area contributed by atoms with Gasteiger partial charge in [-0.05, 0) is 0 Å². The third-order valence-electron chi connectivity index (χ3n) is 0. The van der Waals surface area contributed by atoms with Crippen molar-refractivity contribution in [2.45, 2.75) is 0 Å². The van der Waals surface area contributed by atoms with E-state index in [4.69, 9.17) is 0 Å². The molecule has 0 fully saturated rings. The van der Waals surface area contributed by atoms with Gasteiger partial charge in [-0.15, -0.1) is 0 Å². The zero-order valence-corrected chi connectivity index (χ0v) is 6.80. The van der Waals surface area contributed by atoms with Crippen LogP contribution in [0.3, 0.4) is 0 Å². The Morgan fingerprint density at radius 1 is 1.00 bits per heavy atom. The molecule has 2 nitrogen and oxygen atoms in total. The summed E-state index contributed by atoms with van der Waals surface area (Å²) in [4.78, 5) is 0. The van der Waals surface area contributed by atoms with Gasteiger partial charge >= 0.3 is 23.1 Å². The Kier molecular flexibility index (Phi) is 396. The van der Waals surface area contributed by atoms with Crippen LogP contribution in [-0.2, 0) is 19.5 Å². The van der Waals surface area contributed by atoms with Gasteiger partial charge in [0.15, 0.2) is 0 Å². The summed E-state index contributed by atoms with van der Waals surface area (Å²) in [5, 5.41) is 0. The van der Waals surface area contributed by atoms with E-state index < -0.39 is 0 Å². The van der Waals surface area contributed by atoms with E-state index in [0.29, 0.717) is 0 Å². The third-order valence-corrected chi connectivity index (χ3v) is 0. The summed E-state index contributed by atoms with van der Waals surface area (Å²) in [6, 6.07) is 0. The maximum atomic E-state index is 0. The summed E-state index contributed by atoms with van der Waals surface area (Å²) in [6.45, 7) is 0. The van der Waals surface area contributed by atoms with E-state index in [2.05, 4.69) is 0 Å². The zero-order chi connectivity index (χ0) is 0. The Bertz CT molecular complexity index is 11.5. The average molecular weight is 128 g/mol. The van der Waals surface area contributed by atoms with Crippen LogP contribution < -0.4 is 0 Å². The molecule has 4 N–H and O–H groups in total. The molecule has 0 radical (unpaired) electrons. The van der Waals surface area contributed by atoms with E-state index in [1.165, 1.54) is 0 Å². The van der Waals surface area contributed by atoms with Crippen molar-refractivity contribution in [3.8, 4) is 0 Å². The van der Waals surface area contributed by atoms with Gasteiger partial charge in [0.05, 0.1) is 0 Å². The first-order chi connectivity index (χ1) is 0. The first kappa shape index (κ1) is 57.5. The predicted molar refractivity (Wildman–Crippen MR) is 15.2 cm³/mol. The summed E-state index contributed by atoms with van der Waals surface area (Å²) in [5.74, 6) is 0. The number of hydrogen-bond acceptors (Lipinski definition) is 0. The zero-order valence-electron chi connectivity index (χ0n) is 4.41. The molecule has 0 atom stereocenters. The Morgan fingerprint density at radius 2 is 1.00 bits per heavy atom. The SMILES string of the molecule is O.O.[H-].[H-].[Mg+2].[Zn]. The summed E-state index contributed by atoms with van der Waals surface area (Å²) in [7, 11) is 0. The van der Waals surface area contributed by atoms with Gasteiger partial charge in [0, 0.05) is 19.5 Å². The Balaban J connectivity index is 0. The number of hydrogen-bond donors (Lipinski definition) is 0. The maximum Gasteiger partial charge on any atom is 2.00 e. The van der Waals surface area contributed by atoms with Crippen molar-refractivity contribution in [2.75, 3.05) is 0 Å². The van der Waals surface area contributed by atoms with Gasteiger partial charge in [0.25, 0.3) is 0 Å². The fourth-order valence-electron chi connectivity index (χ4n) is 0. The monoisotopic (exact) mass is 126 g/mol. The van der Waals surface area contributed by atoms with Crippen LogP contribution >= 0.6 is 0 Å². The summed E-state index contributed by atoms with van der Waals surface area (Å²) in [6.07, 6.45) is 0. The van der Waals surface area contributed by atoms with Crippen LogP contribution in [-0.4, -0.2) is 34.0 Å². The van der Waals surface area contributed by atoms with Crippen LogP contribution in [0.2, 0.25) is 0 Å². The second-order valence-electron chi connectivity index (χ2n) is 0. The van der Waals surface area contributed by atoms with Gasteiger partial charge in [-0.3, -0.25) is 0 Å². The van der Waals surface area contributed by atoms with Crippen LogP contribution in [0.4, 0.5) is 0 Å². The van der Waals surface area contributed by atoms with Crippen LogP contribution in [0.5, 0.6) is 0 Å². The minimum atomic E-state index is 0. The smallest absolute Gasteiger partial charge is 1.00 e. The van der Waals surface area contributed by atoms with Gasteiger partial charge < -0.3 is 13.8 Å².